The third-order valence-electron chi connectivity index (χ3n) is 4.83. The van der Waals surface area contributed by atoms with Crippen molar-refractivity contribution >= 4 is 11.6 Å². The van der Waals surface area contributed by atoms with Crippen LogP contribution in [0.3, 0.4) is 0 Å². The van der Waals surface area contributed by atoms with E-state index in [0.717, 1.165) is 11.1 Å². The molecule has 0 aliphatic heterocycles. The minimum Gasteiger partial charge on any atom is -0.504 e. The zero-order valence-electron chi connectivity index (χ0n) is 16.8. The van der Waals surface area contributed by atoms with E-state index in [1.807, 2.05) is 60.7 Å². The van der Waals surface area contributed by atoms with Gasteiger partial charge in [-0.25, -0.2) is 0 Å². The fourth-order valence-corrected chi connectivity index (χ4v) is 3.34. The van der Waals surface area contributed by atoms with Crippen LogP contribution in [0, 0.1) is 11.3 Å². The maximum absolute atomic E-state index is 9.77. The molecule has 0 unspecified atom stereocenters. The second-order valence-electron chi connectivity index (χ2n) is 6.81. The van der Waals surface area contributed by atoms with Gasteiger partial charge >= 0.3 is 0 Å². The van der Waals surface area contributed by atoms with E-state index in [1.54, 1.807) is 18.2 Å². The average Bonchev–Trinajstić information content (AvgIpc) is 3.29. The van der Waals surface area contributed by atoms with Gasteiger partial charge in [0.15, 0.2) is 17.3 Å². The maximum atomic E-state index is 9.77. The average molecular weight is 409 g/mol. The first kappa shape index (κ1) is 19.9. The molecule has 6 nitrogen and oxygen atoms in total. The molecule has 4 aromatic rings. The van der Waals surface area contributed by atoms with Crippen molar-refractivity contribution in [2.24, 2.45) is 0 Å². The summed E-state index contributed by atoms with van der Waals surface area (Å²) in [5, 5.41) is 23.6. The van der Waals surface area contributed by atoms with Crippen LogP contribution in [0.1, 0.15) is 34.3 Å². The number of ether oxygens (including phenoxy) is 1. The second kappa shape index (κ2) is 8.97. The smallest absolute Gasteiger partial charge is 0.268 e. The Morgan fingerprint density at radius 3 is 2.26 bits per heavy atom. The van der Waals surface area contributed by atoms with Gasteiger partial charge in [-0.15, -0.1) is 0 Å². The van der Waals surface area contributed by atoms with Crippen molar-refractivity contribution in [1.82, 2.24) is 10.1 Å². The minimum atomic E-state index is -0.228. The molecule has 1 N–H and O–H groups in total. The molecule has 3 aromatic carbocycles. The molecule has 0 amide bonds. The summed E-state index contributed by atoms with van der Waals surface area (Å²) in [6, 6.07) is 26.7. The number of phenolic OH excluding ortho intramolecular Hbond substituents is 1. The number of nitrogens with zero attached hydrogens (tertiary/aromatic N) is 3. The van der Waals surface area contributed by atoms with E-state index < -0.39 is 0 Å². The van der Waals surface area contributed by atoms with Crippen LogP contribution in [-0.4, -0.2) is 22.4 Å². The normalized spacial score (nSPS) is 11.3. The van der Waals surface area contributed by atoms with Crippen LogP contribution in [0.4, 0.5) is 0 Å². The van der Waals surface area contributed by atoms with Crippen molar-refractivity contribution in [2.75, 3.05) is 7.11 Å². The molecule has 31 heavy (non-hydrogen) atoms. The predicted molar refractivity (Wildman–Crippen MR) is 116 cm³/mol. The number of aromatic nitrogens is 2. The molecular weight excluding hydrogens is 390 g/mol. The van der Waals surface area contributed by atoms with Gasteiger partial charge in [0.1, 0.15) is 11.6 Å². The highest BCUT2D eigenvalue weighted by Gasteiger charge is 2.23. The van der Waals surface area contributed by atoms with Gasteiger partial charge in [0.25, 0.3) is 5.89 Å². The maximum Gasteiger partial charge on any atom is 0.268 e. The Morgan fingerprint density at radius 1 is 1.03 bits per heavy atom. The first-order valence-corrected chi connectivity index (χ1v) is 9.62. The van der Waals surface area contributed by atoms with E-state index in [1.165, 1.54) is 13.2 Å². The third-order valence-corrected chi connectivity index (χ3v) is 4.83. The molecule has 0 bridgehead atoms. The first-order valence-electron chi connectivity index (χ1n) is 9.62. The number of rotatable bonds is 6. The molecule has 0 fully saturated rings. The van der Waals surface area contributed by atoms with E-state index in [2.05, 4.69) is 16.2 Å². The Bertz CT molecular complexity index is 1200. The molecule has 0 saturated carbocycles. The number of phenols is 1. The lowest BCUT2D eigenvalue weighted by atomic mass is 9.91. The van der Waals surface area contributed by atoms with Crippen molar-refractivity contribution in [2.45, 2.75) is 5.92 Å². The van der Waals surface area contributed by atoms with Crippen LogP contribution in [0.2, 0.25) is 0 Å². The summed E-state index contributed by atoms with van der Waals surface area (Å²) in [7, 11) is 1.46. The van der Waals surface area contributed by atoms with E-state index >= 15 is 0 Å². The molecule has 1 aromatic heterocycles. The molecule has 0 saturated heterocycles. The summed E-state index contributed by atoms with van der Waals surface area (Å²) in [5.41, 5.74) is 2.92. The van der Waals surface area contributed by atoms with Gasteiger partial charge in [-0.05, 0) is 34.9 Å². The predicted octanol–water partition coefficient (Wildman–Crippen LogP) is 5.03. The van der Waals surface area contributed by atoms with Crippen LogP contribution < -0.4 is 4.74 Å². The van der Waals surface area contributed by atoms with E-state index in [9.17, 15) is 10.4 Å². The van der Waals surface area contributed by atoms with Crippen molar-refractivity contribution in [3.63, 3.8) is 0 Å². The van der Waals surface area contributed by atoms with Gasteiger partial charge in [-0.3, -0.25) is 0 Å². The van der Waals surface area contributed by atoms with E-state index in [-0.39, 0.29) is 23.1 Å². The quantitative estimate of drug-likeness (QED) is 0.449. The van der Waals surface area contributed by atoms with E-state index in [0.29, 0.717) is 17.1 Å². The topological polar surface area (TPSA) is 92.2 Å². The van der Waals surface area contributed by atoms with Crippen LogP contribution in [0.25, 0.3) is 11.6 Å². The number of allylic oxidation sites excluding steroid dienone is 1. The fourth-order valence-electron chi connectivity index (χ4n) is 3.34. The van der Waals surface area contributed by atoms with Gasteiger partial charge in [0.2, 0.25) is 0 Å². The Balaban J connectivity index is 1.73. The molecule has 1 heterocycles. The largest absolute Gasteiger partial charge is 0.504 e. The van der Waals surface area contributed by atoms with Crippen molar-refractivity contribution in [1.29, 1.82) is 5.26 Å². The van der Waals surface area contributed by atoms with Gasteiger partial charge in [0.05, 0.1) is 13.0 Å². The molecule has 0 radical (unpaired) electrons. The van der Waals surface area contributed by atoms with Crippen LogP contribution in [0.15, 0.2) is 83.4 Å². The molecule has 0 spiro atoms. The summed E-state index contributed by atoms with van der Waals surface area (Å²) < 4.78 is 10.6. The highest BCUT2D eigenvalue weighted by atomic mass is 16.5. The lowest BCUT2D eigenvalue weighted by molar-refractivity contribution is 0.373. The molecule has 6 heteroatoms. The Kier molecular flexibility index (Phi) is 5.77. The summed E-state index contributed by atoms with van der Waals surface area (Å²) >= 11 is 0. The number of nitriles is 1. The van der Waals surface area contributed by atoms with Gasteiger partial charge in [-0.2, -0.15) is 10.2 Å². The standard InChI is InChI=1S/C25H19N3O3/c1-30-22-15-17(12-13-21(22)29)14-20(16-26)25-27-24(28-31-25)23(18-8-4-2-5-9-18)19-10-6-3-7-11-19/h2-15,23,29H,1H3/b20-14+. The molecule has 0 aliphatic rings. The third kappa shape index (κ3) is 4.31. The van der Waals surface area contributed by atoms with Gasteiger partial charge in [0, 0.05) is 0 Å². The number of benzene rings is 3. The molecular formula is C25H19N3O3. The SMILES string of the molecule is COc1cc(/C=C(\C#N)c2nc(C(c3ccccc3)c3ccccc3)no2)ccc1O. The lowest BCUT2D eigenvalue weighted by Crippen LogP contribution is -2.05. The Hall–Kier alpha value is -4.37. The molecule has 4 rings (SSSR count). The summed E-state index contributed by atoms with van der Waals surface area (Å²) in [6.07, 6.45) is 1.61. The minimum absolute atomic E-state index is 0.0202. The second-order valence-corrected chi connectivity index (χ2v) is 6.81. The lowest BCUT2D eigenvalue weighted by Gasteiger charge is -2.14. The van der Waals surface area contributed by atoms with Gasteiger partial charge in [-0.1, -0.05) is 71.9 Å². The van der Waals surface area contributed by atoms with Crippen LogP contribution >= 0.6 is 0 Å². The number of aromatic hydroxyl groups is 1. The van der Waals surface area contributed by atoms with Crippen molar-refractivity contribution in [3.05, 3.63) is 107 Å². The molecule has 152 valence electrons. The van der Waals surface area contributed by atoms with E-state index in [4.69, 9.17) is 9.26 Å². The zero-order valence-corrected chi connectivity index (χ0v) is 16.8. The van der Waals surface area contributed by atoms with Crippen LogP contribution in [0.5, 0.6) is 11.5 Å². The summed E-state index contributed by atoms with van der Waals surface area (Å²) in [5.74, 6) is 0.698. The highest BCUT2D eigenvalue weighted by molar-refractivity contribution is 5.86. The zero-order chi connectivity index (χ0) is 21.6. The fraction of sp³-hybridized carbons (Fsp3) is 0.0800. The van der Waals surface area contributed by atoms with Crippen molar-refractivity contribution < 1.29 is 14.4 Å². The number of hydrogen-bond acceptors (Lipinski definition) is 6. The van der Waals surface area contributed by atoms with Crippen LogP contribution in [-0.2, 0) is 0 Å². The van der Waals surface area contributed by atoms with Crippen molar-refractivity contribution in [3.8, 4) is 17.6 Å². The Labute approximate surface area is 179 Å². The Morgan fingerprint density at radius 2 is 1.68 bits per heavy atom. The highest BCUT2D eigenvalue weighted by Crippen LogP contribution is 2.31. The monoisotopic (exact) mass is 409 g/mol. The number of methoxy groups -OCH3 is 1. The summed E-state index contributed by atoms with van der Waals surface area (Å²) in [6.45, 7) is 0. The summed E-state index contributed by atoms with van der Waals surface area (Å²) in [4.78, 5) is 4.54. The molecule has 0 atom stereocenters. The molecule has 0 aliphatic carbocycles. The van der Waals surface area contributed by atoms with Gasteiger partial charge < -0.3 is 14.4 Å². The number of hydrogen-bond donors (Lipinski definition) is 1. The first-order chi connectivity index (χ1) is 15.2.